The van der Waals surface area contributed by atoms with Gasteiger partial charge in [0.1, 0.15) is 23.3 Å². The van der Waals surface area contributed by atoms with Gasteiger partial charge in [-0.2, -0.15) is 13.2 Å². The van der Waals surface area contributed by atoms with Gasteiger partial charge in [-0.25, -0.2) is 17.6 Å². The summed E-state index contributed by atoms with van der Waals surface area (Å²) in [6.45, 7) is 1.90. The van der Waals surface area contributed by atoms with E-state index in [0.717, 1.165) is 11.1 Å². The van der Waals surface area contributed by atoms with Crippen molar-refractivity contribution < 1.29 is 30.7 Å². The van der Waals surface area contributed by atoms with Crippen molar-refractivity contribution in [3.05, 3.63) is 89.3 Å². The van der Waals surface area contributed by atoms with Gasteiger partial charge < -0.3 is 0 Å². The normalized spacial score (nSPS) is 12.3. The molecule has 3 aromatic rings. The summed E-state index contributed by atoms with van der Waals surface area (Å²) in [4.78, 5) is 0. The van der Waals surface area contributed by atoms with E-state index in [2.05, 4.69) is 0 Å². The van der Waals surface area contributed by atoms with Crippen molar-refractivity contribution in [2.24, 2.45) is 0 Å². The molecule has 0 aliphatic carbocycles. The minimum Gasteiger partial charge on any atom is -0.206 e. The molecule has 0 fully saturated rings. The van der Waals surface area contributed by atoms with Gasteiger partial charge in [0.15, 0.2) is 0 Å². The molecule has 0 N–H and O–H groups in total. The van der Waals surface area contributed by atoms with Crippen molar-refractivity contribution >= 4 is 5.83 Å². The van der Waals surface area contributed by atoms with Crippen LogP contribution in [0.4, 0.5) is 30.7 Å². The zero-order valence-corrected chi connectivity index (χ0v) is 14.9. The van der Waals surface area contributed by atoms with E-state index in [0.29, 0.717) is 17.7 Å². The van der Waals surface area contributed by atoms with Gasteiger partial charge in [0.25, 0.3) is 0 Å². The van der Waals surface area contributed by atoms with E-state index in [9.17, 15) is 30.7 Å². The highest BCUT2D eigenvalue weighted by atomic mass is 19.4. The number of benzene rings is 3. The number of hydrogen-bond donors (Lipinski definition) is 0. The van der Waals surface area contributed by atoms with Crippen LogP contribution in [0, 0.1) is 24.4 Å². The van der Waals surface area contributed by atoms with Crippen molar-refractivity contribution in [3.63, 3.8) is 0 Å². The van der Waals surface area contributed by atoms with Crippen LogP contribution in [0.15, 0.2) is 60.7 Å². The highest BCUT2D eigenvalue weighted by Gasteiger charge is 2.28. The lowest BCUT2D eigenvalue weighted by Crippen LogP contribution is -2.04. The Morgan fingerprint density at radius 1 is 0.724 bits per heavy atom. The van der Waals surface area contributed by atoms with E-state index in [1.165, 1.54) is 18.2 Å². The second-order valence-electron chi connectivity index (χ2n) is 6.41. The third-order valence-corrected chi connectivity index (χ3v) is 4.24. The van der Waals surface area contributed by atoms with Gasteiger partial charge in [0, 0.05) is 5.56 Å². The molecule has 0 amide bonds. The average Bonchev–Trinajstić information content (AvgIpc) is 2.60. The van der Waals surface area contributed by atoms with Crippen LogP contribution in [0.5, 0.6) is 0 Å². The molecule has 0 unspecified atom stereocenters. The molecule has 0 aliphatic heterocycles. The number of hydrogen-bond acceptors (Lipinski definition) is 0. The fourth-order valence-corrected chi connectivity index (χ4v) is 2.85. The van der Waals surface area contributed by atoms with Crippen LogP contribution in [-0.4, -0.2) is 6.18 Å². The Hall–Kier alpha value is -3.09. The van der Waals surface area contributed by atoms with Crippen molar-refractivity contribution in [3.8, 4) is 22.3 Å². The van der Waals surface area contributed by atoms with Gasteiger partial charge in [-0.3, -0.25) is 0 Å². The lowest BCUT2D eigenvalue weighted by atomic mass is 9.97. The lowest BCUT2D eigenvalue weighted by Gasteiger charge is -2.10. The van der Waals surface area contributed by atoms with E-state index in [4.69, 9.17) is 0 Å². The standard InChI is InChI=1S/C22H13F7/c1-12-2-4-13(5-3-12)14-6-7-16(17(23)8-14)15-9-18(24)21(19(25)10-15)20(26)11-22(27,28)29/h2-11H,1H3/b20-11-. The van der Waals surface area contributed by atoms with Crippen LogP contribution >= 0.6 is 0 Å². The van der Waals surface area contributed by atoms with E-state index in [1.807, 2.05) is 19.1 Å². The van der Waals surface area contributed by atoms with Gasteiger partial charge >= 0.3 is 6.18 Å². The molecule has 0 radical (unpaired) electrons. The highest BCUT2D eigenvalue weighted by molar-refractivity contribution is 5.73. The molecule has 150 valence electrons. The van der Waals surface area contributed by atoms with Crippen LogP contribution in [0.3, 0.4) is 0 Å². The summed E-state index contributed by atoms with van der Waals surface area (Å²) in [5.41, 5.74) is 0.379. The molecular weight excluding hydrogens is 397 g/mol. The van der Waals surface area contributed by atoms with Gasteiger partial charge in [-0.1, -0.05) is 42.0 Å². The van der Waals surface area contributed by atoms with E-state index in [-0.39, 0.29) is 11.1 Å². The minimum absolute atomic E-state index is 0.176. The molecule has 3 rings (SSSR count). The first-order valence-corrected chi connectivity index (χ1v) is 8.36. The smallest absolute Gasteiger partial charge is 0.206 e. The number of halogens is 7. The molecule has 3 aromatic carbocycles. The number of allylic oxidation sites excluding steroid dienone is 1. The fraction of sp³-hybridized carbons (Fsp3) is 0.0909. The third kappa shape index (κ3) is 4.67. The second-order valence-corrected chi connectivity index (χ2v) is 6.41. The Balaban J connectivity index is 2.01. The molecule has 0 heterocycles. The molecule has 7 heteroatoms. The fourth-order valence-electron chi connectivity index (χ4n) is 2.85. The minimum atomic E-state index is -5.08. The summed E-state index contributed by atoms with van der Waals surface area (Å²) in [7, 11) is 0. The molecule has 0 saturated heterocycles. The largest absolute Gasteiger partial charge is 0.412 e. The van der Waals surface area contributed by atoms with Crippen LogP contribution in [0.1, 0.15) is 11.1 Å². The van der Waals surface area contributed by atoms with Crippen molar-refractivity contribution in [1.29, 1.82) is 0 Å². The molecule has 0 nitrogen and oxygen atoms in total. The summed E-state index contributed by atoms with van der Waals surface area (Å²) >= 11 is 0. The summed E-state index contributed by atoms with van der Waals surface area (Å²) < 4.78 is 93.2. The first kappa shape index (κ1) is 20.6. The van der Waals surface area contributed by atoms with Crippen molar-refractivity contribution in [2.45, 2.75) is 13.1 Å². The van der Waals surface area contributed by atoms with Crippen LogP contribution in [0.25, 0.3) is 28.1 Å². The SMILES string of the molecule is Cc1ccc(-c2ccc(-c3cc(F)c(/C(F)=C/C(F)(F)F)c(F)c3)c(F)c2)cc1. The molecule has 0 spiro atoms. The van der Waals surface area contributed by atoms with Crippen LogP contribution < -0.4 is 0 Å². The Kier molecular flexibility index (Phi) is 5.50. The Bertz CT molecular complexity index is 1050. The first-order valence-electron chi connectivity index (χ1n) is 8.36. The van der Waals surface area contributed by atoms with Crippen LogP contribution in [-0.2, 0) is 0 Å². The maximum Gasteiger partial charge on any atom is 0.412 e. The molecule has 0 bridgehead atoms. The number of rotatable bonds is 3. The van der Waals surface area contributed by atoms with Crippen molar-refractivity contribution in [1.82, 2.24) is 0 Å². The molecular formula is C22H13F7. The molecule has 0 aromatic heterocycles. The van der Waals surface area contributed by atoms with E-state index >= 15 is 0 Å². The Morgan fingerprint density at radius 3 is 1.76 bits per heavy atom. The summed E-state index contributed by atoms with van der Waals surface area (Å²) in [5, 5.41) is 0. The predicted octanol–water partition coefficient (Wildman–Crippen LogP) is 7.62. The number of alkyl halides is 3. The van der Waals surface area contributed by atoms with Gasteiger partial charge in [0.05, 0.1) is 11.6 Å². The summed E-state index contributed by atoms with van der Waals surface area (Å²) in [6, 6.07) is 12.4. The summed E-state index contributed by atoms with van der Waals surface area (Å²) in [5.74, 6) is -6.03. The van der Waals surface area contributed by atoms with Gasteiger partial charge in [-0.05, 0) is 41.8 Å². The molecule has 0 aliphatic rings. The second kappa shape index (κ2) is 7.73. The van der Waals surface area contributed by atoms with E-state index in [1.54, 1.807) is 12.1 Å². The Labute approximate surface area is 161 Å². The first-order chi connectivity index (χ1) is 13.5. The quantitative estimate of drug-likeness (QED) is 0.390. The van der Waals surface area contributed by atoms with E-state index < -0.39 is 41.1 Å². The predicted molar refractivity (Wildman–Crippen MR) is 97.1 cm³/mol. The zero-order valence-electron chi connectivity index (χ0n) is 14.9. The summed E-state index contributed by atoms with van der Waals surface area (Å²) in [6.07, 6.45) is -5.93. The average molecular weight is 410 g/mol. The van der Waals surface area contributed by atoms with Gasteiger partial charge in [0.2, 0.25) is 0 Å². The molecule has 0 saturated carbocycles. The highest BCUT2D eigenvalue weighted by Crippen LogP contribution is 2.34. The van der Waals surface area contributed by atoms with Gasteiger partial charge in [-0.15, -0.1) is 0 Å². The maximum atomic E-state index is 14.6. The third-order valence-electron chi connectivity index (χ3n) is 4.24. The topological polar surface area (TPSA) is 0 Å². The number of aryl methyl sites for hydroxylation is 1. The maximum absolute atomic E-state index is 14.6. The molecule has 0 atom stereocenters. The van der Waals surface area contributed by atoms with Crippen molar-refractivity contribution in [2.75, 3.05) is 0 Å². The lowest BCUT2D eigenvalue weighted by molar-refractivity contribution is -0.0798. The Morgan fingerprint density at radius 2 is 1.24 bits per heavy atom. The monoisotopic (exact) mass is 410 g/mol. The van der Waals surface area contributed by atoms with Crippen LogP contribution in [0.2, 0.25) is 0 Å². The molecule has 29 heavy (non-hydrogen) atoms. The zero-order chi connectivity index (χ0) is 21.3.